The number of Topliss-reactive ketones (excluding diaryl/α,β-unsaturated/α-hetero) is 1. The third-order valence-electron chi connectivity index (χ3n) is 9.24. The number of rotatable bonds is 4. The Labute approximate surface area is 188 Å². The molecular formula is C24H31ClO6. The molecule has 6 nitrogen and oxygen atoms in total. The number of hydrogen-bond donors (Lipinski definition) is 0. The maximum absolute atomic E-state index is 12.9. The molecule has 0 heterocycles. The van der Waals surface area contributed by atoms with Gasteiger partial charge in [0.15, 0.2) is 23.8 Å². The Hall–Kier alpha value is -1.69. The standard InChI is InChI=1S/C24H31ClO6/c1-14(26)24(31-20(28)13-30-21(25)29)11-8-19-17-5-4-15-12-16(27)6-9-22(15,2)18(17)7-10-23(19,24)3/h12,17-19H,4-11,13H2,1-3H3/t17-,18+,19+,22+,23+,24+/m1/s1. The number of carbonyl (C=O) groups excluding carboxylic acids is 4. The van der Waals surface area contributed by atoms with E-state index >= 15 is 0 Å². The Morgan fingerprint density at radius 1 is 1.06 bits per heavy atom. The van der Waals surface area contributed by atoms with E-state index < -0.39 is 29.0 Å². The average molecular weight is 451 g/mol. The predicted octanol–water partition coefficient (Wildman–Crippen LogP) is 4.76. The van der Waals surface area contributed by atoms with Gasteiger partial charge in [0.25, 0.3) is 0 Å². The summed E-state index contributed by atoms with van der Waals surface area (Å²) in [5.74, 6) is 0.554. The molecule has 0 aliphatic heterocycles. The SMILES string of the molecule is CC(=O)[C@@]1(OC(=O)COC(=O)Cl)CC[C@H]2[C@@H]3CCC4=CC(=O)CC[C@]4(C)[C@H]3CC[C@@]21C. The molecule has 7 heteroatoms. The first-order valence-electron chi connectivity index (χ1n) is 11.3. The van der Waals surface area contributed by atoms with Crippen LogP contribution in [0.3, 0.4) is 0 Å². The minimum absolute atomic E-state index is 0.0465. The third-order valence-corrected chi connectivity index (χ3v) is 9.35. The summed E-state index contributed by atoms with van der Waals surface area (Å²) in [7, 11) is 0. The monoisotopic (exact) mass is 450 g/mol. The van der Waals surface area contributed by atoms with Gasteiger partial charge >= 0.3 is 11.4 Å². The van der Waals surface area contributed by atoms with E-state index in [0.29, 0.717) is 24.7 Å². The van der Waals surface area contributed by atoms with Crippen molar-refractivity contribution in [1.82, 2.24) is 0 Å². The molecule has 0 aromatic carbocycles. The minimum Gasteiger partial charge on any atom is -0.448 e. The highest BCUT2D eigenvalue weighted by atomic mass is 35.5. The van der Waals surface area contributed by atoms with Crippen LogP contribution >= 0.6 is 11.6 Å². The Balaban J connectivity index is 1.62. The van der Waals surface area contributed by atoms with Gasteiger partial charge in [-0.25, -0.2) is 9.59 Å². The summed E-state index contributed by atoms with van der Waals surface area (Å²) in [6, 6.07) is 0. The summed E-state index contributed by atoms with van der Waals surface area (Å²) in [4.78, 5) is 48.2. The van der Waals surface area contributed by atoms with Crippen LogP contribution in [0, 0.1) is 28.6 Å². The normalized spacial score (nSPS) is 41.4. The van der Waals surface area contributed by atoms with Gasteiger partial charge in [-0.05, 0) is 81.1 Å². The van der Waals surface area contributed by atoms with Gasteiger partial charge in [0.1, 0.15) is 0 Å². The zero-order valence-electron chi connectivity index (χ0n) is 18.5. The van der Waals surface area contributed by atoms with Crippen molar-refractivity contribution in [3.8, 4) is 0 Å². The zero-order valence-corrected chi connectivity index (χ0v) is 19.3. The van der Waals surface area contributed by atoms with Gasteiger partial charge in [0.2, 0.25) is 0 Å². The molecule has 3 fully saturated rings. The predicted molar refractivity (Wildman–Crippen MR) is 113 cm³/mol. The average Bonchev–Trinajstić information content (AvgIpc) is 3.00. The fraction of sp³-hybridized carbons (Fsp3) is 0.750. The van der Waals surface area contributed by atoms with Crippen LogP contribution in [0.25, 0.3) is 0 Å². The molecule has 0 aromatic heterocycles. The molecule has 0 aromatic rings. The summed E-state index contributed by atoms with van der Waals surface area (Å²) in [6.45, 7) is 5.32. The Bertz CT molecular complexity index is 864. The number of carbonyl (C=O) groups is 4. The second-order valence-corrected chi connectivity index (χ2v) is 10.7. The van der Waals surface area contributed by atoms with Gasteiger partial charge < -0.3 is 9.47 Å². The van der Waals surface area contributed by atoms with Crippen molar-refractivity contribution >= 4 is 34.6 Å². The molecule has 4 aliphatic rings. The summed E-state index contributed by atoms with van der Waals surface area (Å²) in [6.07, 6.45) is 8.39. The number of hydrogen-bond acceptors (Lipinski definition) is 6. The molecule has 3 saturated carbocycles. The van der Waals surface area contributed by atoms with Crippen molar-refractivity contribution in [3.05, 3.63) is 11.6 Å². The Morgan fingerprint density at radius 2 is 1.77 bits per heavy atom. The van der Waals surface area contributed by atoms with Crippen molar-refractivity contribution in [1.29, 1.82) is 0 Å². The first-order valence-corrected chi connectivity index (χ1v) is 11.7. The quantitative estimate of drug-likeness (QED) is 0.453. The largest absolute Gasteiger partial charge is 0.448 e. The zero-order chi connectivity index (χ0) is 22.6. The first-order chi connectivity index (χ1) is 14.5. The Morgan fingerprint density at radius 3 is 2.45 bits per heavy atom. The second kappa shape index (κ2) is 7.72. The van der Waals surface area contributed by atoms with Crippen LogP contribution in [-0.4, -0.2) is 35.2 Å². The molecule has 0 saturated heterocycles. The van der Waals surface area contributed by atoms with Crippen molar-refractivity contribution in [2.75, 3.05) is 6.61 Å². The van der Waals surface area contributed by atoms with Crippen molar-refractivity contribution in [3.63, 3.8) is 0 Å². The summed E-state index contributed by atoms with van der Waals surface area (Å²) in [5.41, 5.74) is -1.38. The summed E-state index contributed by atoms with van der Waals surface area (Å²) in [5, 5.41) is 0. The van der Waals surface area contributed by atoms with Gasteiger partial charge in [-0.1, -0.05) is 19.4 Å². The van der Waals surface area contributed by atoms with E-state index in [9.17, 15) is 19.2 Å². The van der Waals surface area contributed by atoms with E-state index in [0.717, 1.165) is 38.5 Å². The molecule has 31 heavy (non-hydrogen) atoms. The maximum atomic E-state index is 12.9. The van der Waals surface area contributed by atoms with Crippen molar-refractivity contribution in [2.24, 2.45) is 28.6 Å². The lowest BCUT2D eigenvalue weighted by atomic mass is 9.46. The molecule has 170 valence electrons. The topological polar surface area (TPSA) is 86.7 Å². The number of esters is 1. The lowest BCUT2D eigenvalue weighted by molar-refractivity contribution is -0.190. The van der Waals surface area contributed by atoms with Gasteiger partial charge in [0.05, 0.1) is 0 Å². The fourth-order valence-electron chi connectivity index (χ4n) is 7.71. The number of allylic oxidation sites excluding steroid dienone is 1. The number of halogens is 1. The fourth-order valence-corrected chi connectivity index (χ4v) is 7.77. The first kappa shape index (κ1) is 22.5. The Kier molecular flexibility index (Phi) is 5.60. The molecule has 4 aliphatic carbocycles. The van der Waals surface area contributed by atoms with Crippen LogP contribution in [-0.2, 0) is 23.9 Å². The van der Waals surface area contributed by atoms with E-state index in [-0.39, 0.29) is 22.9 Å². The van der Waals surface area contributed by atoms with Gasteiger partial charge in [-0.2, -0.15) is 0 Å². The van der Waals surface area contributed by atoms with Gasteiger partial charge in [-0.3, -0.25) is 9.59 Å². The highest BCUT2D eigenvalue weighted by molar-refractivity contribution is 6.61. The highest BCUT2D eigenvalue weighted by Gasteiger charge is 2.67. The highest BCUT2D eigenvalue weighted by Crippen LogP contribution is 2.68. The summed E-state index contributed by atoms with van der Waals surface area (Å²) < 4.78 is 10.4. The van der Waals surface area contributed by atoms with Crippen LogP contribution in [0.2, 0.25) is 0 Å². The molecule has 0 N–H and O–H groups in total. The van der Waals surface area contributed by atoms with Gasteiger partial charge in [-0.15, -0.1) is 0 Å². The smallest absolute Gasteiger partial charge is 0.404 e. The number of ether oxygens (including phenoxy) is 2. The molecule has 0 radical (unpaired) electrons. The van der Waals surface area contributed by atoms with Crippen LogP contribution in [0.5, 0.6) is 0 Å². The summed E-state index contributed by atoms with van der Waals surface area (Å²) >= 11 is 5.17. The number of fused-ring (bicyclic) bond motifs is 5. The van der Waals surface area contributed by atoms with E-state index in [2.05, 4.69) is 18.6 Å². The van der Waals surface area contributed by atoms with Crippen molar-refractivity contribution < 1.29 is 28.7 Å². The van der Waals surface area contributed by atoms with Crippen LogP contribution in [0.15, 0.2) is 11.6 Å². The molecule has 4 rings (SSSR count). The molecule has 0 unspecified atom stereocenters. The number of ketones is 2. The van der Waals surface area contributed by atoms with E-state index in [1.807, 2.05) is 6.08 Å². The van der Waals surface area contributed by atoms with E-state index in [4.69, 9.17) is 16.3 Å². The van der Waals surface area contributed by atoms with Crippen LogP contribution < -0.4 is 0 Å². The van der Waals surface area contributed by atoms with Gasteiger partial charge in [0, 0.05) is 23.4 Å². The minimum atomic E-state index is -1.20. The van der Waals surface area contributed by atoms with Crippen LogP contribution in [0.1, 0.15) is 72.1 Å². The molecule has 0 bridgehead atoms. The maximum Gasteiger partial charge on any atom is 0.404 e. The van der Waals surface area contributed by atoms with E-state index in [1.165, 1.54) is 12.5 Å². The molecule has 0 amide bonds. The van der Waals surface area contributed by atoms with Crippen molar-refractivity contribution in [2.45, 2.75) is 77.7 Å². The van der Waals surface area contributed by atoms with Crippen LogP contribution in [0.4, 0.5) is 4.79 Å². The second-order valence-electron chi connectivity index (χ2n) is 10.3. The third kappa shape index (κ3) is 3.37. The molecule has 6 atom stereocenters. The lowest BCUT2D eigenvalue weighted by Gasteiger charge is -2.59. The van der Waals surface area contributed by atoms with E-state index in [1.54, 1.807) is 0 Å². The molecular weight excluding hydrogens is 420 g/mol. The molecule has 0 spiro atoms. The lowest BCUT2D eigenvalue weighted by Crippen LogP contribution is -2.59.